The minimum Gasteiger partial charge on any atom is -0.352 e. The van der Waals surface area contributed by atoms with E-state index < -0.39 is 6.04 Å². The number of nitrogens with zero attached hydrogens (tertiary/aromatic N) is 1. The van der Waals surface area contributed by atoms with Crippen molar-refractivity contribution in [1.29, 1.82) is 0 Å². The van der Waals surface area contributed by atoms with E-state index >= 15 is 0 Å². The van der Waals surface area contributed by atoms with Crippen LogP contribution in [0.1, 0.15) is 52.0 Å². The number of aryl methyl sites for hydroxylation is 1. The molecule has 0 radical (unpaired) electrons. The van der Waals surface area contributed by atoms with Crippen molar-refractivity contribution in [3.05, 3.63) is 70.2 Å². The maximum atomic E-state index is 13.0. The van der Waals surface area contributed by atoms with Crippen LogP contribution >= 0.6 is 11.6 Å². The molecular formula is C25H28ClN3O3. The average Bonchev–Trinajstić information content (AvgIpc) is 3.62. The fraction of sp³-hybridized carbons (Fsp3) is 0.400. The van der Waals surface area contributed by atoms with Gasteiger partial charge in [0.1, 0.15) is 6.04 Å². The Hall–Kier alpha value is -2.86. The lowest BCUT2D eigenvalue weighted by molar-refractivity contribution is -0.124. The molecule has 2 fully saturated rings. The fourth-order valence-corrected chi connectivity index (χ4v) is 4.18. The number of piperidine rings is 1. The van der Waals surface area contributed by atoms with Crippen LogP contribution in [-0.4, -0.2) is 47.8 Å². The first-order chi connectivity index (χ1) is 15.4. The molecule has 1 atom stereocenters. The van der Waals surface area contributed by atoms with Gasteiger partial charge >= 0.3 is 0 Å². The second-order valence-electron chi connectivity index (χ2n) is 8.74. The normalized spacial score (nSPS) is 17.5. The average molecular weight is 454 g/mol. The number of nitrogens with one attached hydrogen (secondary N) is 2. The Bertz CT molecular complexity index is 978. The smallest absolute Gasteiger partial charge is 0.253 e. The molecule has 0 bridgehead atoms. The van der Waals surface area contributed by atoms with Crippen LogP contribution in [0, 0.1) is 12.8 Å². The van der Waals surface area contributed by atoms with Gasteiger partial charge in [0.2, 0.25) is 5.91 Å². The Balaban J connectivity index is 1.41. The molecule has 1 saturated heterocycles. The summed E-state index contributed by atoms with van der Waals surface area (Å²) < 4.78 is 0. The van der Waals surface area contributed by atoms with Crippen molar-refractivity contribution in [3.8, 4) is 0 Å². The van der Waals surface area contributed by atoms with Gasteiger partial charge in [-0.2, -0.15) is 0 Å². The third-order valence-corrected chi connectivity index (χ3v) is 6.45. The van der Waals surface area contributed by atoms with E-state index in [1.54, 1.807) is 41.3 Å². The van der Waals surface area contributed by atoms with Gasteiger partial charge in [-0.3, -0.25) is 14.4 Å². The number of carbonyl (C=O) groups excluding carboxylic acids is 3. The fourth-order valence-electron chi connectivity index (χ4n) is 4.06. The predicted octanol–water partition coefficient (Wildman–Crippen LogP) is 3.58. The maximum absolute atomic E-state index is 13.0. The zero-order valence-electron chi connectivity index (χ0n) is 18.1. The molecule has 1 heterocycles. The van der Waals surface area contributed by atoms with Gasteiger partial charge in [0.05, 0.1) is 0 Å². The van der Waals surface area contributed by atoms with E-state index in [4.69, 9.17) is 11.6 Å². The van der Waals surface area contributed by atoms with E-state index in [1.807, 2.05) is 19.1 Å². The molecule has 7 heteroatoms. The summed E-state index contributed by atoms with van der Waals surface area (Å²) in [7, 11) is 0. The Labute approximate surface area is 193 Å². The largest absolute Gasteiger partial charge is 0.352 e. The molecular weight excluding hydrogens is 426 g/mol. The molecule has 3 amide bonds. The Morgan fingerprint density at radius 3 is 2.09 bits per heavy atom. The van der Waals surface area contributed by atoms with Gasteiger partial charge in [0.15, 0.2) is 0 Å². The summed E-state index contributed by atoms with van der Waals surface area (Å²) in [4.78, 5) is 40.4. The number of rotatable bonds is 6. The van der Waals surface area contributed by atoms with Crippen molar-refractivity contribution >= 4 is 29.3 Å². The highest BCUT2D eigenvalue weighted by Crippen LogP contribution is 2.25. The van der Waals surface area contributed by atoms with Crippen molar-refractivity contribution in [2.24, 2.45) is 5.92 Å². The second-order valence-corrected chi connectivity index (χ2v) is 9.17. The zero-order valence-corrected chi connectivity index (χ0v) is 18.9. The molecule has 2 aliphatic rings. The lowest BCUT2D eigenvalue weighted by Gasteiger charge is -2.36. The first-order valence-electron chi connectivity index (χ1n) is 11.1. The standard InChI is InChI=1S/C25H28ClN3O3/c1-16-2-4-18(5-3-16)23(30)28-22(24(31)27-21-10-11-21)17-12-14-29(15-13-17)25(32)19-6-8-20(26)9-7-19/h2-9,17,21-22H,10-15H2,1H3,(H,27,31)(H,28,30)/t22-/m1/s1. The zero-order chi connectivity index (χ0) is 22.7. The number of hydrogen-bond donors (Lipinski definition) is 2. The number of benzene rings is 2. The summed E-state index contributed by atoms with van der Waals surface area (Å²) >= 11 is 5.92. The Kier molecular flexibility index (Phi) is 6.80. The third kappa shape index (κ3) is 5.49. The number of carbonyl (C=O) groups is 3. The summed E-state index contributed by atoms with van der Waals surface area (Å²) in [6, 6.07) is 13.8. The van der Waals surface area contributed by atoms with Crippen molar-refractivity contribution in [3.63, 3.8) is 0 Å². The molecule has 6 nitrogen and oxygen atoms in total. The molecule has 32 heavy (non-hydrogen) atoms. The summed E-state index contributed by atoms with van der Waals surface area (Å²) in [5.41, 5.74) is 2.21. The summed E-state index contributed by atoms with van der Waals surface area (Å²) in [6.45, 7) is 3.05. The van der Waals surface area contributed by atoms with Gasteiger partial charge < -0.3 is 15.5 Å². The summed E-state index contributed by atoms with van der Waals surface area (Å²) in [5.74, 6) is -0.448. The van der Waals surface area contributed by atoms with Gasteiger partial charge in [-0.15, -0.1) is 0 Å². The van der Waals surface area contributed by atoms with Crippen LogP contribution in [0.3, 0.4) is 0 Å². The van der Waals surface area contributed by atoms with Crippen LogP contribution in [-0.2, 0) is 4.79 Å². The topological polar surface area (TPSA) is 78.5 Å². The molecule has 4 rings (SSSR count). The van der Waals surface area contributed by atoms with Gasteiger partial charge in [-0.05, 0) is 74.9 Å². The monoisotopic (exact) mass is 453 g/mol. The molecule has 2 N–H and O–H groups in total. The first-order valence-corrected chi connectivity index (χ1v) is 11.5. The van der Waals surface area contributed by atoms with Crippen molar-refractivity contribution in [2.75, 3.05) is 13.1 Å². The first kappa shape index (κ1) is 22.3. The van der Waals surface area contributed by atoms with E-state index in [0.29, 0.717) is 42.1 Å². The highest BCUT2D eigenvalue weighted by molar-refractivity contribution is 6.30. The van der Waals surface area contributed by atoms with Gasteiger partial charge in [-0.25, -0.2) is 0 Å². The molecule has 1 aliphatic carbocycles. The molecule has 1 aliphatic heterocycles. The third-order valence-electron chi connectivity index (χ3n) is 6.20. The van der Waals surface area contributed by atoms with E-state index in [1.165, 1.54) is 0 Å². The Morgan fingerprint density at radius 1 is 0.906 bits per heavy atom. The Morgan fingerprint density at radius 2 is 1.50 bits per heavy atom. The highest BCUT2D eigenvalue weighted by Gasteiger charge is 2.36. The van der Waals surface area contributed by atoms with E-state index in [-0.39, 0.29) is 29.7 Å². The number of likely N-dealkylation sites (tertiary alicyclic amines) is 1. The molecule has 0 spiro atoms. The van der Waals surface area contributed by atoms with Crippen LogP contribution in [0.2, 0.25) is 5.02 Å². The summed E-state index contributed by atoms with van der Waals surface area (Å²) in [5, 5.41) is 6.60. The molecule has 2 aromatic rings. The van der Waals surface area contributed by atoms with Crippen LogP contribution in [0.25, 0.3) is 0 Å². The van der Waals surface area contributed by atoms with E-state index in [0.717, 1.165) is 18.4 Å². The molecule has 0 aromatic heterocycles. The van der Waals surface area contributed by atoms with Crippen molar-refractivity contribution < 1.29 is 14.4 Å². The minimum atomic E-state index is -0.614. The van der Waals surface area contributed by atoms with Crippen LogP contribution in [0.15, 0.2) is 48.5 Å². The quantitative estimate of drug-likeness (QED) is 0.701. The maximum Gasteiger partial charge on any atom is 0.253 e. The summed E-state index contributed by atoms with van der Waals surface area (Å²) in [6.07, 6.45) is 3.27. The van der Waals surface area contributed by atoms with Crippen molar-refractivity contribution in [1.82, 2.24) is 15.5 Å². The molecule has 168 valence electrons. The van der Waals surface area contributed by atoms with Crippen LogP contribution in [0.4, 0.5) is 0 Å². The van der Waals surface area contributed by atoms with E-state index in [2.05, 4.69) is 10.6 Å². The number of halogens is 1. The van der Waals surface area contributed by atoms with Gasteiger partial charge in [0.25, 0.3) is 11.8 Å². The SMILES string of the molecule is Cc1ccc(C(=O)N[C@@H](C(=O)NC2CC2)C2CCN(C(=O)c3ccc(Cl)cc3)CC2)cc1. The van der Waals surface area contributed by atoms with Crippen molar-refractivity contribution in [2.45, 2.75) is 44.7 Å². The molecule has 0 unspecified atom stereocenters. The predicted molar refractivity (Wildman–Crippen MR) is 124 cm³/mol. The van der Waals surface area contributed by atoms with Gasteiger partial charge in [0, 0.05) is 35.3 Å². The molecule has 2 aromatic carbocycles. The number of hydrogen-bond acceptors (Lipinski definition) is 3. The van der Waals surface area contributed by atoms with Gasteiger partial charge in [-0.1, -0.05) is 29.3 Å². The minimum absolute atomic E-state index is 0.0302. The number of amides is 3. The second kappa shape index (κ2) is 9.74. The lowest BCUT2D eigenvalue weighted by Crippen LogP contribution is -2.54. The van der Waals surface area contributed by atoms with E-state index in [9.17, 15) is 14.4 Å². The lowest BCUT2D eigenvalue weighted by atomic mass is 9.88. The molecule has 1 saturated carbocycles. The van der Waals surface area contributed by atoms with Crippen LogP contribution < -0.4 is 10.6 Å². The highest BCUT2D eigenvalue weighted by atomic mass is 35.5. The van der Waals surface area contributed by atoms with Crippen LogP contribution in [0.5, 0.6) is 0 Å².